The Labute approximate surface area is 108 Å². The molecule has 0 bridgehead atoms. The molecule has 5 nitrogen and oxygen atoms in total. The summed E-state index contributed by atoms with van der Waals surface area (Å²) >= 11 is 0. The highest BCUT2D eigenvalue weighted by molar-refractivity contribution is 5.67. The predicted octanol–water partition coefficient (Wildman–Crippen LogP) is 0.664. The molecule has 5 heteroatoms. The van der Waals surface area contributed by atoms with E-state index in [2.05, 4.69) is 54.5 Å². The molecule has 3 heterocycles. The molecule has 3 rings (SSSR count). The van der Waals surface area contributed by atoms with Gasteiger partial charge in [-0.25, -0.2) is 0 Å². The average Bonchev–Trinajstić information content (AvgIpc) is 2.77. The van der Waals surface area contributed by atoms with Crippen molar-refractivity contribution < 1.29 is 0 Å². The number of aromatic nitrogens is 2. The predicted molar refractivity (Wildman–Crippen MR) is 74.5 cm³/mol. The van der Waals surface area contributed by atoms with Crippen molar-refractivity contribution in [3.63, 3.8) is 0 Å². The van der Waals surface area contributed by atoms with E-state index in [4.69, 9.17) is 5.10 Å². The normalized spacial score (nSPS) is 27.5. The first-order valence-corrected chi connectivity index (χ1v) is 6.63. The van der Waals surface area contributed by atoms with Crippen LogP contribution in [0.3, 0.4) is 0 Å². The summed E-state index contributed by atoms with van der Waals surface area (Å²) in [5.41, 5.74) is 2.29. The van der Waals surface area contributed by atoms with Crippen LogP contribution in [0.4, 0.5) is 5.69 Å². The van der Waals surface area contributed by atoms with Crippen LogP contribution in [0.25, 0.3) is 6.08 Å². The van der Waals surface area contributed by atoms with Gasteiger partial charge in [0.1, 0.15) is 5.69 Å². The number of hydrogen-bond donors (Lipinski definition) is 1. The molecule has 0 saturated carbocycles. The lowest BCUT2D eigenvalue weighted by atomic mass is 10.2. The van der Waals surface area contributed by atoms with Crippen molar-refractivity contribution in [2.24, 2.45) is 0 Å². The smallest absolute Gasteiger partial charge is 0.110 e. The Balaban J connectivity index is 1.90. The van der Waals surface area contributed by atoms with Gasteiger partial charge in [-0.05, 0) is 19.9 Å². The largest absolute Gasteiger partial charge is 0.368 e. The number of nitrogens with zero attached hydrogens (tertiary/aromatic N) is 4. The summed E-state index contributed by atoms with van der Waals surface area (Å²) in [6, 6.07) is 0.979. The lowest BCUT2D eigenvalue weighted by Gasteiger charge is -2.38. The molecule has 18 heavy (non-hydrogen) atoms. The highest BCUT2D eigenvalue weighted by Crippen LogP contribution is 2.23. The molecule has 0 radical (unpaired) electrons. The molecule has 1 N–H and O–H groups in total. The van der Waals surface area contributed by atoms with E-state index in [0.717, 1.165) is 25.3 Å². The summed E-state index contributed by atoms with van der Waals surface area (Å²) in [5, 5.41) is 10.5. The van der Waals surface area contributed by atoms with E-state index in [-0.39, 0.29) is 0 Å². The zero-order valence-electron chi connectivity index (χ0n) is 11.3. The second-order valence-electron chi connectivity index (χ2n) is 5.38. The minimum absolute atomic E-state index is 0.469. The number of piperazine rings is 1. The van der Waals surface area contributed by atoms with Crippen molar-refractivity contribution in [2.75, 3.05) is 36.6 Å². The van der Waals surface area contributed by atoms with Gasteiger partial charge in [-0.1, -0.05) is 6.08 Å². The molecule has 0 amide bonds. The van der Waals surface area contributed by atoms with Gasteiger partial charge in [0.05, 0.1) is 24.5 Å². The summed E-state index contributed by atoms with van der Waals surface area (Å²) < 4.78 is 0. The molecule has 1 saturated heterocycles. The Morgan fingerprint density at radius 2 is 2.22 bits per heavy atom. The molecule has 2 atom stereocenters. The molecule has 2 unspecified atom stereocenters. The van der Waals surface area contributed by atoms with Gasteiger partial charge < -0.3 is 10.2 Å². The van der Waals surface area contributed by atoms with Crippen molar-refractivity contribution >= 4 is 11.8 Å². The van der Waals surface area contributed by atoms with Crippen LogP contribution in [-0.2, 0) is 0 Å². The summed E-state index contributed by atoms with van der Waals surface area (Å²) in [5.74, 6) is 0. The number of fused-ring (bicyclic) bond motifs is 1. The first-order valence-electron chi connectivity index (χ1n) is 6.63. The van der Waals surface area contributed by atoms with Crippen LogP contribution >= 0.6 is 0 Å². The number of nitrogens with one attached hydrogen (secondary N) is 1. The van der Waals surface area contributed by atoms with Crippen LogP contribution in [-0.4, -0.2) is 48.7 Å². The maximum Gasteiger partial charge on any atom is 0.110 e. The summed E-state index contributed by atoms with van der Waals surface area (Å²) in [7, 11) is 2.11. The van der Waals surface area contributed by atoms with E-state index in [0.29, 0.717) is 12.1 Å². The van der Waals surface area contributed by atoms with Crippen molar-refractivity contribution in [1.82, 2.24) is 15.2 Å². The Morgan fingerprint density at radius 3 is 3.00 bits per heavy atom. The fourth-order valence-electron chi connectivity index (χ4n) is 2.62. The van der Waals surface area contributed by atoms with Crippen LogP contribution < -0.4 is 15.2 Å². The van der Waals surface area contributed by atoms with Crippen LogP contribution in [0.15, 0.2) is 12.3 Å². The zero-order chi connectivity index (χ0) is 12.7. The topological polar surface area (TPSA) is 36.3 Å². The lowest BCUT2D eigenvalue weighted by molar-refractivity contribution is 0.343. The fourth-order valence-corrected chi connectivity index (χ4v) is 2.62. The van der Waals surface area contributed by atoms with Gasteiger partial charge >= 0.3 is 0 Å². The van der Waals surface area contributed by atoms with Crippen LogP contribution in [0.2, 0.25) is 0 Å². The van der Waals surface area contributed by atoms with Crippen molar-refractivity contribution in [2.45, 2.75) is 25.9 Å². The van der Waals surface area contributed by atoms with Gasteiger partial charge in [0.25, 0.3) is 0 Å². The summed E-state index contributed by atoms with van der Waals surface area (Å²) in [4.78, 5) is 4.26. The van der Waals surface area contributed by atoms with E-state index in [1.807, 2.05) is 4.79 Å². The van der Waals surface area contributed by atoms with Crippen molar-refractivity contribution in [1.29, 1.82) is 0 Å². The molecule has 98 valence electrons. The SMILES string of the molecule is CC1CN(n2cc3c(n2)C=CCN3C)C(C)CN1. The third-order valence-electron chi connectivity index (χ3n) is 3.77. The second kappa shape index (κ2) is 4.31. The van der Waals surface area contributed by atoms with E-state index in [9.17, 15) is 0 Å². The number of hydrogen-bond acceptors (Lipinski definition) is 4. The Morgan fingerprint density at radius 1 is 1.39 bits per heavy atom. The van der Waals surface area contributed by atoms with E-state index in [1.54, 1.807) is 0 Å². The van der Waals surface area contributed by atoms with Gasteiger partial charge in [-0.3, -0.25) is 5.01 Å². The van der Waals surface area contributed by atoms with Gasteiger partial charge in [0, 0.05) is 26.2 Å². The third kappa shape index (κ3) is 1.88. The molecule has 2 aliphatic heterocycles. The highest BCUT2D eigenvalue weighted by Gasteiger charge is 2.25. The van der Waals surface area contributed by atoms with Crippen LogP contribution in [0.1, 0.15) is 19.5 Å². The first kappa shape index (κ1) is 11.6. The second-order valence-corrected chi connectivity index (χ2v) is 5.38. The molecule has 1 aromatic rings. The Hall–Kier alpha value is -1.49. The molecule has 0 spiro atoms. The van der Waals surface area contributed by atoms with Crippen LogP contribution in [0.5, 0.6) is 0 Å². The highest BCUT2D eigenvalue weighted by atomic mass is 15.7. The van der Waals surface area contributed by atoms with Gasteiger partial charge in [-0.15, -0.1) is 0 Å². The van der Waals surface area contributed by atoms with Crippen molar-refractivity contribution in [3.05, 3.63) is 18.0 Å². The quantitative estimate of drug-likeness (QED) is 0.791. The molecular weight excluding hydrogens is 226 g/mol. The number of anilines is 1. The number of rotatable bonds is 1. The molecule has 1 fully saturated rings. The Kier molecular flexibility index (Phi) is 2.78. The fraction of sp³-hybridized carbons (Fsp3) is 0.615. The monoisotopic (exact) mass is 247 g/mol. The van der Waals surface area contributed by atoms with E-state index >= 15 is 0 Å². The lowest BCUT2D eigenvalue weighted by Crippen LogP contribution is -2.58. The third-order valence-corrected chi connectivity index (χ3v) is 3.77. The van der Waals surface area contributed by atoms with Gasteiger partial charge in [-0.2, -0.15) is 9.89 Å². The molecule has 2 aliphatic rings. The molecule has 0 aliphatic carbocycles. The van der Waals surface area contributed by atoms with Crippen molar-refractivity contribution in [3.8, 4) is 0 Å². The zero-order valence-corrected chi connectivity index (χ0v) is 11.3. The molecular formula is C13H21N5. The molecule has 1 aromatic heterocycles. The standard InChI is InChI=1S/C13H21N5/c1-10-8-17(11(2)7-14-10)18-9-13-12(15-18)5-4-6-16(13)3/h4-5,9-11,14H,6-8H2,1-3H3. The van der Waals surface area contributed by atoms with E-state index < -0.39 is 0 Å². The molecule has 0 aromatic carbocycles. The summed E-state index contributed by atoms with van der Waals surface area (Å²) in [6.07, 6.45) is 6.42. The minimum atomic E-state index is 0.469. The minimum Gasteiger partial charge on any atom is -0.368 e. The first-order chi connectivity index (χ1) is 8.65. The van der Waals surface area contributed by atoms with Gasteiger partial charge in [0.2, 0.25) is 0 Å². The van der Waals surface area contributed by atoms with Crippen LogP contribution in [0, 0.1) is 0 Å². The summed E-state index contributed by atoms with van der Waals surface area (Å²) in [6.45, 7) is 7.42. The average molecular weight is 247 g/mol. The maximum atomic E-state index is 4.70. The Bertz CT molecular complexity index is 464. The maximum absolute atomic E-state index is 4.70. The number of likely N-dealkylation sites (N-methyl/N-ethyl adjacent to an activating group) is 1. The van der Waals surface area contributed by atoms with Gasteiger partial charge in [0.15, 0.2) is 0 Å². The van der Waals surface area contributed by atoms with E-state index in [1.165, 1.54) is 5.69 Å².